The van der Waals surface area contributed by atoms with Crippen molar-refractivity contribution in [2.24, 2.45) is 0 Å². The normalized spacial score (nSPS) is 17.1. The molecule has 0 saturated heterocycles. The summed E-state index contributed by atoms with van der Waals surface area (Å²) in [7, 11) is 1.94. The molecule has 2 nitrogen and oxygen atoms in total. The van der Waals surface area contributed by atoms with Crippen molar-refractivity contribution < 1.29 is 4.79 Å². The predicted molar refractivity (Wildman–Crippen MR) is 84.1 cm³/mol. The van der Waals surface area contributed by atoms with E-state index in [1.165, 1.54) is 0 Å². The van der Waals surface area contributed by atoms with Gasteiger partial charge < -0.3 is 4.90 Å². The lowest BCUT2D eigenvalue weighted by molar-refractivity contribution is -0.136. The number of benzene rings is 1. The number of amides is 1. The van der Waals surface area contributed by atoms with Crippen LogP contribution in [0.15, 0.2) is 24.3 Å². The maximum atomic E-state index is 13.0. The van der Waals surface area contributed by atoms with Gasteiger partial charge in [0.05, 0.1) is 5.41 Å². The molecule has 0 atom stereocenters. The molecular formula is C17H24ClNO. The molecule has 0 aromatic heterocycles. The molecule has 1 saturated carbocycles. The highest BCUT2D eigenvalue weighted by Gasteiger charge is 2.43. The quantitative estimate of drug-likeness (QED) is 0.787. The van der Waals surface area contributed by atoms with Gasteiger partial charge in [-0.05, 0) is 37.0 Å². The first-order valence-electron chi connectivity index (χ1n) is 7.62. The predicted octanol–water partition coefficient (Wildman–Crippen LogP) is 4.41. The molecule has 1 aromatic carbocycles. The zero-order valence-corrected chi connectivity index (χ0v) is 13.2. The zero-order chi connectivity index (χ0) is 14.6. The molecule has 1 amide bonds. The van der Waals surface area contributed by atoms with Crippen molar-refractivity contribution >= 4 is 17.5 Å². The Hall–Kier alpha value is -1.02. The number of likely N-dealkylation sites (N-methyl/N-ethyl adjacent to an activating group) is 1. The van der Waals surface area contributed by atoms with Gasteiger partial charge in [0.1, 0.15) is 0 Å². The highest BCUT2D eigenvalue weighted by Crippen LogP contribution is 2.42. The second kappa shape index (κ2) is 6.62. The molecule has 20 heavy (non-hydrogen) atoms. The van der Waals surface area contributed by atoms with E-state index in [1.54, 1.807) is 0 Å². The topological polar surface area (TPSA) is 20.3 Å². The number of halogens is 1. The Kier molecular flexibility index (Phi) is 5.09. The van der Waals surface area contributed by atoms with Crippen molar-refractivity contribution in [1.29, 1.82) is 0 Å². The molecule has 0 N–H and O–H groups in total. The van der Waals surface area contributed by atoms with Crippen LogP contribution in [0, 0.1) is 0 Å². The van der Waals surface area contributed by atoms with Gasteiger partial charge in [-0.3, -0.25) is 4.79 Å². The van der Waals surface area contributed by atoms with Crippen LogP contribution in [-0.2, 0) is 10.2 Å². The minimum absolute atomic E-state index is 0.283. The molecule has 0 unspecified atom stereocenters. The molecule has 0 spiro atoms. The summed E-state index contributed by atoms with van der Waals surface area (Å²) in [6, 6.07) is 7.85. The van der Waals surface area contributed by atoms with E-state index in [-0.39, 0.29) is 11.3 Å². The molecule has 1 aliphatic rings. The monoisotopic (exact) mass is 293 g/mol. The lowest BCUT2D eigenvalue weighted by Gasteiger charge is -2.33. The van der Waals surface area contributed by atoms with Crippen molar-refractivity contribution in [1.82, 2.24) is 4.90 Å². The summed E-state index contributed by atoms with van der Waals surface area (Å²) in [4.78, 5) is 14.9. The van der Waals surface area contributed by atoms with Gasteiger partial charge in [-0.25, -0.2) is 0 Å². The highest BCUT2D eigenvalue weighted by molar-refractivity contribution is 6.30. The number of nitrogens with zero attached hydrogens (tertiary/aromatic N) is 1. The van der Waals surface area contributed by atoms with E-state index in [0.717, 1.165) is 55.7 Å². The van der Waals surface area contributed by atoms with Crippen LogP contribution >= 0.6 is 11.6 Å². The highest BCUT2D eigenvalue weighted by atomic mass is 35.5. The first-order valence-corrected chi connectivity index (χ1v) is 7.99. The van der Waals surface area contributed by atoms with Crippen molar-refractivity contribution in [3.63, 3.8) is 0 Å². The lowest BCUT2D eigenvalue weighted by Crippen LogP contribution is -2.44. The number of unbranched alkanes of at least 4 members (excludes halogenated alkanes) is 1. The first-order chi connectivity index (χ1) is 9.60. The third-order valence-electron chi connectivity index (χ3n) is 4.46. The Labute approximate surface area is 127 Å². The maximum Gasteiger partial charge on any atom is 0.232 e. The number of hydrogen-bond donors (Lipinski definition) is 0. The van der Waals surface area contributed by atoms with Gasteiger partial charge in [0.2, 0.25) is 5.91 Å². The van der Waals surface area contributed by atoms with E-state index in [9.17, 15) is 4.79 Å². The van der Waals surface area contributed by atoms with E-state index in [4.69, 9.17) is 11.6 Å². The van der Waals surface area contributed by atoms with Crippen molar-refractivity contribution in [3.05, 3.63) is 34.9 Å². The molecule has 1 aromatic rings. The van der Waals surface area contributed by atoms with Gasteiger partial charge in [0.15, 0.2) is 0 Å². The van der Waals surface area contributed by atoms with Crippen molar-refractivity contribution in [2.75, 3.05) is 13.6 Å². The van der Waals surface area contributed by atoms with Crippen LogP contribution in [0.5, 0.6) is 0 Å². The minimum atomic E-state index is -0.312. The average molecular weight is 294 g/mol. The molecule has 0 aliphatic heterocycles. The summed E-state index contributed by atoms with van der Waals surface area (Å²) < 4.78 is 0. The molecule has 0 bridgehead atoms. The maximum absolute atomic E-state index is 13.0. The fraction of sp³-hybridized carbons (Fsp3) is 0.588. The smallest absolute Gasteiger partial charge is 0.232 e. The largest absolute Gasteiger partial charge is 0.345 e. The molecule has 1 fully saturated rings. The number of rotatable bonds is 5. The van der Waals surface area contributed by atoms with Gasteiger partial charge in [-0.1, -0.05) is 49.9 Å². The summed E-state index contributed by atoms with van der Waals surface area (Å²) in [5.41, 5.74) is 0.820. The summed E-state index contributed by atoms with van der Waals surface area (Å²) >= 11 is 5.98. The number of hydrogen-bond acceptors (Lipinski definition) is 1. The second-order valence-corrected chi connectivity index (χ2v) is 6.31. The summed E-state index contributed by atoms with van der Waals surface area (Å²) in [6.45, 7) is 3.01. The number of carbonyl (C=O) groups is 1. The SMILES string of the molecule is CCCCN(C)C(=O)C1(c2ccc(Cl)cc2)CCCC1. The summed E-state index contributed by atoms with van der Waals surface area (Å²) in [5, 5.41) is 0.730. The molecule has 0 heterocycles. The molecule has 0 radical (unpaired) electrons. The van der Waals surface area contributed by atoms with Crippen molar-refractivity contribution in [3.8, 4) is 0 Å². The van der Waals surface area contributed by atoms with Crippen LogP contribution in [0.1, 0.15) is 51.0 Å². The third kappa shape index (κ3) is 3.01. The minimum Gasteiger partial charge on any atom is -0.345 e. The van der Waals surface area contributed by atoms with Crippen LogP contribution < -0.4 is 0 Å². The van der Waals surface area contributed by atoms with Gasteiger partial charge >= 0.3 is 0 Å². The Balaban J connectivity index is 2.25. The first kappa shape index (κ1) is 15.4. The number of carbonyl (C=O) groups excluding carboxylic acids is 1. The Morgan fingerprint density at radius 2 is 1.85 bits per heavy atom. The lowest BCUT2D eigenvalue weighted by atomic mass is 9.77. The van der Waals surface area contributed by atoms with E-state index >= 15 is 0 Å². The fourth-order valence-electron chi connectivity index (χ4n) is 3.24. The molecule has 1 aliphatic carbocycles. The van der Waals surface area contributed by atoms with E-state index in [2.05, 4.69) is 6.92 Å². The van der Waals surface area contributed by atoms with Crippen molar-refractivity contribution in [2.45, 2.75) is 50.9 Å². The second-order valence-electron chi connectivity index (χ2n) is 5.88. The van der Waals surface area contributed by atoms with Crippen LogP contribution in [0.3, 0.4) is 0 Å². The van der Waals surface area contributed by atoms with Crippen LogP contribution in [0.4, 0.5) is 0 Å². The molecule has 2 rings (SSSR count). The van der Waals surface area contributed by atoms with E-state index < -0.39 is 0 Å². The third-order valence-corrected chi connectivity index (χ3v) is 4.71. The Morgan fingerprint density at radius 1 is 1.25 bits per heavy atom. The van der Waals surface area contributed by atoms with Gasteiger partial charge in [0, 0.05) is 18.6 Å². The molecular weight excluding hydrogens is 270 g/mol. The fourth-order valence-corrected chi connectivity index (χ4v) is 3.36. The summed E-state index contributed by atoms with van der Waals surface area (Å²) in [5.74, 6) is 0.283. The standard InChI is InChI=1S/C17H24ClNO/c1-3-4-13-19(2)16(20)17(11-5-6-12-17)14-7-9-15(18)10-8-14/h7-10H,3-6,11-13H2,1-2H3. The Morgan fingerprint density at radius 3 is 2.40 bits per heavy atom. The van der Waals surface area contributed by atoms with E-state index in [0.29, 0.717) is 0 Å². The Bertz CT molecular complexity index is 449. The van der Waals surface area contributed by atoms with Gasteiger partial charge in [0.25, 0.3) is 0 Å². The van der Waals surface area contributed by atoms with E-state index in [1.807, 2.05) is 36.2 Å². The van der Waals surface area contributed by atoms with Gasteiger partial charge in [-0.15, -0.1) is 0 Å². The van der Waals surface area contributed by atoms with Crippen LogP contribution in [-0.4, -0.2) is 24.4 Å². The van der Waals surface area contributed by atoms with Crippen LogP contribution in [0.2, 0.25) is 5.02 Å². The average Bonchev–Trinajstić information content (AvgIpc) is 2.95. The van der Waals surface area contributed by atoms with Crippen LogP contribution in [0.25, 0.3) is 0 Å². The zero-order valence-electron chi connectivity index (χ0n) is 12.5. The molecule has 3 heteroatoms. The molecule has 110 valence electrons. The van der Waals surface area contributed by atoms with Gasteiger partial charge in [-0.2, -0.15) is 0 Å². The summed E-state index contributed by atoms with van der Waals surface area (Å²) in [6.07, 6.45) is 6.38.